The van der Waals surface area contributed by atoms with Crippen molar-refractivity contribution in [3.05, 3.63) is 0 Å². The molecule has 2 unspecified atom stereocenters. The van der Waals surface area contributed by atoms with Crippen LogP contribution in [0.4, 0.5) is 0 Å². The summed E-state index contributed by atoms with van der Waals surface area (Å²) in [5.41, 5.74) is 0. The predicted molar refractivity (Wildman–Crippen MR) is 137 cm³/mol. The van der Waals surface area contributed by atoms with E-state index in [0.29, 0.717) is 6.29 Å². The van der Waals surface area contributed by atoms with Gasteiger partial charge in [-0.2, -0.15) is 25.3 Å². The molecule has 0 fully saturated rings. The Bertz CT molecular complexity index is 874. The SMILES string of the molecule is CC(=O)NCC(=O)NC(CS)C(=O)N(CNC(C)=O)CC(=O)NC(CS)C(=O)N(CC=O)CNC(C)=O. The fourth-order valence-corrected chi connectivity index (χ4v) is 3.12. The molecule has 17 heteroatoms. The molecule has 0 radical (unpaired) electrons. The lowest BCUT2D eigenvalue weighted by Gasteiger charge is -2.29. The second kappa shape index (κ2) is 18.0. The molecule has 0 aromatic rings. The highest BCUT2D eigenvalue weighted by Gasteiger charge is 2.29. The first-order valence-corrected chi connectivity index (χ1v) is 12.2. The molecule has 0 aliphatic carbocycles. The van der Waals surface area contributed by atoms with Crippen molar-refractivity contribution >= 4 is 72.9 Å². The van der Waals surface area contributed by atoms with Gasteiger partial charge in [0.15, 0.2) is 0 Å². The third-order valence-corrected chi connectivity index (χ3v) is 5.15. The van der Waals surface area contributed by atoms with Gasteiger partial charge in [0.25, 0.3) is 0 Å². The minimum Gasteiger partial charge on any atom is -0.347 e. The molecule has 0 heterocycles. The molecule has 5 N–H and O–H groups in total. The van der Waals surface area contributed by atoms with Crippen LogP contribution in [0.2, 0.25) is 0 Å². The van der Waals surface area contributed by atoms with Crippen LogP contribution in [-0.4, -0.2) is 114 Å². The van der Waals surface area contributed by atoms with Gasteiger partial charge in [-0.25, -0.2) is 0 Å². The summed E-state index contributed by atoms with van der Waals surface area (Å²) < 4.78 is 0. The van der Waals surface area contributed by atoms with Gasteiger partial charge in [-0.3, -0.25) is 33.6 Å². The van der Waals surface area contributed by atoms with E-state index in [9.17, 15) is 38.4 Å². The number of rotatable bonds is 16. The number of carbonyl (C=O) groups is 8. The Morgan fingerprint density at radius 3 is 1.57 bits per heavy atom. The fraction of sp³-hybridized carbons (Fsp3) is 0.600. The summed E-state index contributed by atoms with van der Waals surface area (Å²) in [6, 6.07) is -2.41. The molecule has 0 aliphatic rings. The molecular formula is C20H33N7O8S2. The van der Waals surface area contributed by atoms with Crippen molar-refractivity contribution in [1.82, 2.24) is 36.4 Å². The summed E-state index contributed by atoms with van der Waals surface area (Å²) in [4.78, 5) is 96.9. The largest absolute Gasteiger partial charge is 0.347 e. The first-order chi connectivity index (χ1) is 17.4. The van der Waals surface area contributed by atoms with Crippen LogP contribution in [0.25, 0.3) is 0 Å². The van der Waals surface area contributed by atoms with E-state index in [1.807, 2.05) is 0 Å². The Morgan fingerprint density at radius 2 is 1.14 bits per heavy atom. The molecule has 0 aromatic heterocycles. The Morgan fingerprint density at radius 1 is 0.703 bits per heavy atom. The van der Waals surface area contributed by atoms with Crippen molar-refractivity contribution in [3.8, 4) is 0 Å². The van der Waals surface area contributed by atoms with Crippen molar-refractivity contribution in [2.24, 2.45) is 0 Å². The molecule has 0 aromatic carbocycles. The van der Waals surface area contributed by atoms with E-state index in [4.69, 9.17) is 0 Å². The Balaban J connectivity index is 5.48. The highest BCUT2D eigenvalue weighted by atomic mass is 32.1. The van der Waals surface area contributed by atoms with Crippen LogP contribution in [0.3, 0.4) is 0 Å². The van der Waals surface area contributed by atoms with Gasteiger partial charge < -0.3 is 41.2 Å². The lowest BCUT2D eigenvalue weighted by atomic mass is 10.2. The van der Waals surface area contributed by atoms with E-state index in [-0.39, 0.29) is 31.3 Å². The lowest BCUT2D eigenvalue weighted by molar-refractivity contribution is -0.141. The van der Waals surface area contributed by atoms with Crippen molar-refractivity contribution in [2.75, 3.05) is 44.5 Å². The number of hydrogen-bond donors (Lipinski definition) is 7. The molecule has 0 saturated carbocycles. The second-order valence-corrected chi connectivity index (χ2v) is 8.29. The minimum absolute atomic E-state index is 0.162. The third kappa shape index (κ3) is 14.1. The van der Waals surface area contributed by atoms with Crippen LogP contribution in [0, 0.1) is 0 Å². The van der Waals surface area contributed by atoms with Gasteiger partial charge in [0, 0.05) is 32.3 Å². The van der Waals surface area contributed by atoms with E-state index in [1.54, 1.807) is 0 Å². The number of aldehydes is 1. The summed E-state index contributed by atoms with van der Waals surface area (Å²) in [7, 11) is 0. The molecule has 37 heavy (non-hydrogen) atoms. The van der Waals surface area contributed by atoms with Gasteiger partial charge in [0.2, 0.25) is 41.4 Å². The summed E-state index contributed by atoms with van der Waals surface area (Å²) >= 11 is 8.11. The molecule has 0 saturated heterocycles. The van der Waals surface area contributed by atoms with E-state index < -0.39 is 66.6 Å². The zero-order valence-electron chi connectivity index (χ0n) is 20.7. The average Bonchev–Trinajstić information content (AvgIpc) is 2.83. The van der Waals surface area contributed by atoms with Crippen molar-refractivity contribution < 1.29 is 38.4 Å². The second-order valence-electron chi connectivity index (χ2n) is 7.56. The summed E-state index contributed by atoms with van der Waals surface area (Å²) in [6.07, 6.45) is 0.447. The highest BCUT2D eigenvalue weighted by Crippen LogP contribution is 2.01. The van der Waals surface area contributed by atoms with Gasteiger partial charge in [-0.1, -0.05) is 0 Å². The highest BCUT2D eigenvalue weighted by molar-refractivity contribution is 7.80. The van der Waals surface area contributed by atoms with Gasteiger partial charge in [0.1, 0.15) is 24.9 Å². The minimum atomic E-state index is -1.21. The molecule has 7 amide bonds. The molecule has 0 rings (SSSR count). The quantitative estimate of drug-likeness (QED) is 0.0559. The summed E-state index contributed by atoms with van der Waals surface area (Å²) in [5, 5.41) is 11.8. The summed E-state index contributed by atoms with van der Waals surface area (Å²) in [6.45, 7) is 1.59. The lowest BCUT2D eigenvalue weighted by Crippen LogP contribution is -2.57. The van der Waals surface area contributed by atoms with Gasteiger partial charge in [-0.05, 0) is 0 Å². The van der Waals surface area contributed by atoms with Crippen molar-refractivity contribution in [2.45, 2.75) is 32.9 Å². The maximum atomic E-state index is 13.0. The molecule has 0 aliphatic heterocycles. The zero-order chi connectivity index (χ0) is 28.5. The molecule has 0 spiro atoms. The van der Waals surface area contributed by atoms with Crippen LogP contribution in [0.1, 0.15) is 20.8 Å². The number of amides is 7. The Labute approximate surface area is 225 Å². The number of nitrogens with one attached hydrogen (secondary N) is 5. The van der Waals surface area contributed by atoms with Gasteiger partial charge in [-0.15, -0.1) is 0 Å². The average molecular weight is 564 g/mol. The van der Waals surface area contributed by atoms with Crippen LogP contribution >= 0.6 is 25.3 Å². The van der Waals surface area contributed by atoms with Gasteiger partial charge in [0.05, 0.1) is 26.4 Å². The zero-order valence-corrected chi connectivity index (χ0v) is 22.5. The monoisotopic (exact) mass is 563 g/mol. The molecule has 2 atom stereocenters. The van der Waals surface area contributed by atoms with Crippen LogP contribution in [-0.2, 0) is 38.4 Å². The number of hydrogen-bond acceptors (Lipinski definition) is 10. The van der Waals surface area contributed by atoms with Gasteiger partial charge >= 0.3 is 0 Å². The number of thiol groups is 2. The molecule has 208 valence electrons. The maximum absolute atomic E-state index is 13.0. The Hall–Kier alpha value is -3.34. The topological polar surface area (TPSA) is 203 Å². The van der Waals surface area contributed by atoms with Crippen molar-refractivity contribution in [3.63, 3.8) is 0 Å². The predicted octanol–water partition coefficient (Wildman–Crippen LogP) is -4.00. The van der Waals surface area contributed by atoms with Crippen LogP contribution in [0.5, 0.6) is 0 Å². The van der Waals surface area contributed by atoms with E-state index in [0.717, 1.165) is 9.80 Å². The Kier molecular flexibility index (Phi) is 16.4. The third-order valence-electron chi connectivity index (χ3n) is 4.42. The van der Waals surface area contributed by atoms with Crippen molar-refractivity contribution in [1.29, 1.82) is 0 Å². The molecular weight excluding hydrogens is 530 g/mol. The van der Waals surface area contributed by atoms with E-state index in [2.05, 4.69) is 51.8 Å². The smallest absolute Gasteiger partial charge is 0.247 e. The normalized spacial score (nSPS) is 11.7. The standard InChI is InChI=1S/C20H33N7O8S2/c1-12(29)21-6-17(32)24-16(9-37)20(35)27(11-23-14(3)31)7-18(33)25-15(8-36)19(34)26(4-5-28)10-22-13(2)30/h5,15-16,36-37H,4,6-11H2,1-3H3,(H,21,29)(H,22,30)(H,23,31)(H,24,32)(H,25,33). The molecule has 15 nitrogen and oxygen atoms in total. The number of nitrogens with zero attached hydrogens (tertiary/aromatic N) is 2. The summed E-state index contributed by atoms with van der Waals surface area (Å²) in [5.74, 6) is -4.68. The van der Waals surface area contributed by atoms with E-state index >= 15 is 0 Å². The molecule has 0 bridgehead atoms. The first kappa shape index (κ1) is 33.7. The number of carbonyl (C=O) groups excluding carboxylic acids is 8. The first-order valence-electron chi connectivity index (χ1n) is 10.9. The fourth-order valence-electron chi connectivity index (χ4n) is 2.62. The van der Waals surface area contributed by atoms with E-state index in [1.165, 1.54) is 20.8 Å². The van der Waals surface area contributed by atoms with Crippen LogP contribution in [0.15, 0.2) is 0 Å². The van der Waals surface area contributed by atoms with Crippen LogP contribution < -0.4 is 26.6 Å². The maximum Gasteiger partial charge on any atom is 0.247 e.